The number of methoxy groups -OCH3 is 2. The zero-order valence-corrected chi connectivity index (χ0v) is 15.9. The van der Waals surface area contributed by atoms with Crippen LogP contribution in [0.15, 0.2) is 24.4 Å². The average molecular weight is 355 g/mol. The minimum absolute atomic E-state index is 0.252. The van der Waals surface area contributed by atoms with E-state index in [-0.39, 0.29) is 5.92 Å². The van der Waals surface area contributed by atoms with Crippen molar-refractivity contribution in [3.63, 3.8) is 0 Å². The van der Waals surface area contributed by atoms with Crippen LogP contribution in [-0.2, 0) is 4.74 Å². The van der Waals surface area contributed by atoms with Crippen LogP contribution in [0.2, 0.25) is 0 Å². The van der Waals surface area contributed by atoms with Crippen LogP contribution in [0.25, 0.3) is 5.65 Å². The van der Waals surface area contributed by atoms with Gasteiger partial charge in [-0.05, 0) is 44.0 Å². The van der Waals surface area contributed by atoms with E-state index in [1.807, 2.05) is 38.2 Å². The average Bonchev–Trinajstić information content (AvgIpc) is 3.05. The molecule has 2 aromatic heterocycles. The molecule has 0 aliphatic carbocycles. The molecule has 0 saturated heterocycles. The molecular formula is C19H25N5O2. The number of rotatable bonds is 7. The summed E-state index contributed by atoms with van der Waals surface area (Å²) in [4.78, 5) is 9.15. The van der Waals surface area contributed by atoms with Gasteiger partial charge in [-0.25, -0.2) is 4.98 Å². The fourth-order valence-electron chi connectivity index (χ4n) is 3.02. The van der Waals surface area contributed by atoms with Crippen molar-refractivity contribution in [3.05, 3.63) is 41.3 Å². The third kappa shape index (κ3) is 3.48. The summed E-state index contributed by atoms with van der Waals surface area (Å²) in [5.41, 5.74) is 3.91. The van der Waals surface area contributed by atoms with Crippen LogP contribution in [0, 0.1) is 13.8 Å². The van der Waals surface area contributed by atoms with Gasteiger partial charge in [0.15, 0.2) is 5.65 Å². The minimum Gasteiger partial charge on any atom is -0.497 e. The molecule has 1 unspecified atom stereocenters. The summed E-state index contributed by atoms with van der Waals surface area (Å²) in [6.07, 6.45) is 2.82. The third-order valence-corrected chi connectivity index (χ3v) is 4.49. The molecule has 0 aliphatic rings. The molecule has 0 bridgehead atoms. The first-order valence-corrected chi connectivity index (χ1v) is 8.70. The maximum atomic E-state index is 5.35. The van der Waals surface area contributed by atoms with Gasteiger partial charge in [-0.1, -0.05) is 6.92 Å². The van der Waals surface area contributed by atoms with Crippen LogP contribution < -0.4 is 10.1 Å². The number of benzene rings is 1. The summed E-state index contributed by atoms with van der Waals surface area (Å²) in [6.45, 7) is 6.69. The largest absolute Gasteiger partial charge is 0.497 e. The first-order valence-electron chi connectivity index (χ1n) is 8.70. The van der Waals surface area contributed by atoms with Crippen molar-refractivity contribution < 1.29 is 9.47 Å². The Morgan fingerprint density at radius 2 is 2.00 bits per heavy atom. The number of aromatic nitrogens is 4. The Bertz CT molecular complexity index is 906. The molecule has 3 rings (SSSR count). The molecule has 7 nitrogen and oxygen atoms in total. The fraction of sp³-hybridized carbons (Fsp3) is 0.421. The van der Waals surface area contributed by atoms with Crippen LogP contribution >= 0.6 is 0 Å². The van der Waals surface area contributed by atoms with E-state index in [0.29, 0.717) is 18.4 Å². The lowest BCUT2D eigenvalue weighted by Gasteiger charge is -2.14. The summed E-state index contributed by atoms with van der Waals surface area (Å²) in [7, 11) is 3.38. The van der Waals surface area contributed by atoms with Crippen LogP contribution in [0.5, 0.6) is 5.75 Å². The van der Waals surface area contributed by atoms with Gasteiger partial charge in [0.2, 0.25) is 5.95 Å². The molecule has 0 aliphatic heterocycles. The van der Waals surface area contributed by atoms with Crippen molar-refractivity contribution in [2.45, 2.75) is 33.1 Å². The van der Waals surface area contributed by atoms with Gasteiger partial charge in [0.1, 0.15) is 11.6 Å². The van der Waals surface area contributed by atoms with Gasteiger partial charge in [0.05, 0.1) is 19.9 Å². The van der Waals surface area contributed by atoms with Crippen molar-refractivity contribution in [1.29, 1.82) is 0 Å². The minimum atomic E-state index is 0.252. The molecule has 26 heavy (non-hydrogen) atoms. The van der Waals surface area contributed by atoms with Gasteiger partial charge in [0.25, 0.3) is 0 Å². The number of hydrogen-bond acceptors (Lipinski definition) is 6. The summed E-state index contributed by atoms with van der Waals surface area (Å²) in [5.74, 6) is 2.41. The normalized spacial score (nSPS) is 12.3. The Kier molecular flexibility index (Phi) is 5.37. The number of nitrogens with one attached hydrogen (secondary N) is 1. The lowest BCUT2D eigenvalue weighted by atomic mass is 10.0. The van der Waals surface area contributed by atoms with Crippen molar-refractivity contribution in [3.8, 4) is 5.75 Å². The number of aryl methyl sites for hydroxylation is 2. The van der Waals surface area contributed by atoms with Crippen molar-refractivity contribution in [2.24, 2.45) is 0 Å². The predicted molar refractivity (Wildman–Crippen MR) is 101 cm³/mol. The molecular weight excluding hydrogens is 330 g/mol. The van der Waals surface area contributed by atoms with Gasteiger partial charge in [0, 0.05) is 24.3 Å². The van der Waals surface area contributed by atoms with Crippen LogP contribution in [0.3, 0.4) is 0 Å². The van der Waals surface area contributed by atoms with E-state index < -0.39 is 0 Å². The molecule has 0 spiro atoms. The van der Waals surface area contributed by atoms with Gasteiger partial charge in [-0.3, -0.25) is 0 Å². The first kappa shape index (κ1) is 18.1. The first-order chi connectivity index (χ1) is 12.6. The van der Waals surface area contributed by atoms with Gasteiger partial charge >= 0.3 is 0 Å². The van der Waals surface area contributed by atoms with Crippen molar-refractivity contribution >= 4 is 17.3 Å². The summed E-state index contributed by atoms with van der Waals surface area (Å²) in [6, 6.07) is 5.87. The van der Waals surface area contributed by atoms with Gasteiger partial charge < -0.3 is 14.8 Å². The van der Waals surface area contributed by atoms with E-state index in [9.17, 15) is 0 Å². The number of hydrogen-bond donors (Lipinski definition) is 1. The van der Waals surface area contributed by atoms with Crippen molar-refractivity contribution in [2.75, 3.05) is 26.1 Å². The number of fused-ring (bicyclic) bond motifs is 1. The van der Waals surface area contributed by atoms with Crippen LogP contribution in [0.1, 0.15) is 36.2 Å². The zero-order chi connectivity index (χ0) is 18.7. The molecule has 1 atom stereocenters. The fourth-order valence-corrected chi connectivity index (χ4v) is 3.02. The molecule has 1 N–H and O–H groups in total. The van der Waals surface area contributed by atoms with E-state index in [2.05, 4.69) is 27.3 Å². The molecule has 0 fully saturated rings. The molecule has 7 heteroatoms. The second kappa shape index (κ2) is 7.70. The maximum absolute atomic E-state index is 5.35. The molecule has 3 aromatic rings. The standard InChI is InChI=1S/C19H25N5O2/c1-6-14(11-25-4)16-10-20-24-18(16)21-13(3)22-19(24)23-17-8-7-15(26-5)9-12(17)2/h7-10,14H,6,11H2,1-5H3,(H,21,22,23). The quantitative estimate of drug-likeness (QED) is 0.698. The lowest BCUT2D eigenvalue weighted by molar-refractivity contribution is 0.178. The highest BCUT2D eigenvalue weighted by Gasteiger charge is 2.19. The number of ether oxygens (including phenoxy) is 2. The van der Waals surface area contributed by atoms with E-state index in [0.717, 1.165) is 34.6 Å². The number of anilines is 2. The highest BCUT2D eigenvalue weighted by atomic mass is 16.5. The Morgan fingerprint density at radius 3 is 2.65 bits per heavy atom. The summed E-state index contributed by atoms with van der Waals surface area (Å²) in [5, 5.41) is 7.89. The van der Waals surface area contributed by atoms with Gasteiger partial charge in [-0.2, -0.15) is 14.6 Å². The number of nitrogens with zero attached hydrogens (tertiary/aromatic N) is 4. The summed E-state index contributed by atoms with van der Waals surface area (Å²) < 4.78 is 12.4. The molecule has 0 amide bonds. The molecule has 0 saturated carbocycles. The van der Waals surface area contributed by atoms with E-state index >= 15 is 0 Å². The van der Waals surface area contributed by atoms with E-state index in [1.54, 1.807) is 18.7 Å². The summed E-state index contributed by atoms with van der Waals surface area (Å²) >= 11 is 0. The van der Waals surface area contributed by atoms with E-state index in [4.69, 9.17) is 9.47 Å². The Balaban J connectivity index is 2.03. The molecule has 138 valence electrons. The predicted octanol–water partition coefficient (Wildman–Crippen LogP) is 3.63. The third-order valence-electron chi connectivity index (χ3n) is 4.49. The van der Waals surface area contributed by atoms with Crippen LogP contribution in [-0.4, -0.2) is 40.4 Å². The van der Waals surface area contributed by atoms with E-state index in [1.165, 1.54) is 0 Å². The Hall–Kier alpha value is -2.67. The Morgan fingerprint density at radius 1 is 1.19 bits per heavy atom. The molecule has 2 heterocycles. The molecule has 1 aromatic carbocycles. The smallest absolute Gasteiger partial charge is 0.232 e. The highest BCUT2D eigenvalue weighted by molar-refractivity contribution is 5.62. The maximum Gasteiger partial charge on any atom is 0.232 e. The second-order valence-electron chi connectivity index (χ2n) is 6.30. The highest BCUT2D eigenvalue weighted by Crippen LogP contribution is 2.27. The van der Waals surface area contributed by atoms with Crippen LogP contribution in [0.4, 0.5) is 11.6 Å². The molecule has 0 radical (unpaired) electrons. The lowest BCUT2D eigenvalue weighted by Crippen LogP contribution is -2.09. The second-order valence-corrected chi connectivity index (χ2v) is 6.30. The zero-order valence-electron chi connectivity index (χ0n) is 15.9. The monoisotopic (exact) mass is 355 g/mol. The van der Waals surface area contributed by atoms with Crippen molar-refractivity contribution in [1.82, 2.24) is 19.6 Å². The Labute approximate surface area is 153 Å². The van der Waals surface area contributed by atoms with Gasteiger partial charge in [-0.15, -0.1) is 0 Å². The topological polar surface area (TPSA) is 73.6 Å². The SMILES string of the molecule is CCC(COC)c1cnn2c(Nc3ccc(OC)cc3C)nc(C)nc12.